The average molecular weight is 385 g/mol. The van der Waals surface area contributed by atoms with E-state index < -0.39 is 22.7 Å². The molecule has 0 spiro atoms. The van der Waals surface area contributed by atoms with E-state index in [4.69, 9.17) is 17.0 Å². The van der Waals surface area contributed by atoms with Crippen LogP contribution in [0.4, 0.5) is 13.2 Å². The summed E-state index contributed by atoms with van der Waals surface area (Å²) in [4.78, 5) is 18.7. The highest BCUT2D eigenvalue weighted by Gasteiger charge is 2.35. The monoisotopic (exact) mass is 385 g/mol. The third-order valence-corrected chi connectivity index (χ3v) is 4.07. The third-order valence-electron chi connectivity index (χ3n) is 3.75. The van der Waals surface area contributed by atoms with E-state index in [1.54, 1.807) is 13.2 Å². The van der Waals surface area contributed by atoms with Crippen molar-refractivity contribution in [3.8, 4) is 11.4 Å². The summed E-state index contributed by atoms with van der Waals surface area (Å²) in [5.41, 5.74) is -1.94. The number of aromatic nitrogens is 5. The Morgan fingerprint density at radius 3 is 2.65 bits per heavy atom. The summed E-state index contributed by atoms with van der Waals surface area (Å²) in [5.74, 6) is 0. The van der Waals surface area contributed by atoms with E-state index in [9.17, 15) is 18.0 Å². The maximum atomic E-state index is 13.6. The van der Waals surface area contributed by atoms with Gasteiger partial charge in [0.1, 0.15) is 11.3 Å². The van der Waals surface area contributed by atoms with E-state index in [2.05, 4.69) is 15.1 Å². The van der Waals surface area contributed by atoms with Crippen molar-refractivity contribution in [2.24, 2.45) is 7.05 Å². The maximum Gasteiger partial charge on any atom is 0.417 e. The Morgan fingerprint density at radius 1 is 1.35 bits per heavy atom. The summed E-state index contributed by atoms with van der Waals surface area (Å²) in [6, 6.07) is 2.36. The lowest BCUT2D eigenvalue weighted by Crippen LogP contribution is -2.21. The number of H-pyrrole nitrogens is 1. The van der Waals surface area contributed by atoms with Crippen molar-refractivity contribution >= 4 is 23.3 Å². The normalized spacial score (nSPS) is 12.0. The van der Waals surface area contributed by atoms with E-state index in [0.29, 0.717) is 0 Å². The standard InChI is InChI=1S/C15H14F3N5O2S/c1-22-4-3-9(21-22)10-7-8(15(16,17)18)11-12(19-10)23(5-6-25-2)14(26)20-13(11)24/h3-4,7H,5-6H2,1-2H3,(H,20,24,26). The molecule has 0 aliphatic rings. The molecule has 0 amide bonds. The molecule has 1 N–H and O–H groups in total. The van der Waals surface area contributed by atoms with Crippen molar-refractivity contribution in [3.63, 3.8) is 0 Å². The Hall–Kier alpha value is -2.53. The van der Waals surface area contributed by atoms with E-state index >= 15 is 0 Å². The molecule has 7 nitrogen and oxygen atoms in total. The van der Waals surface area contributed by atoms with Gasteiger partial charge in [-0.15, -0.1) is 0 Å². The smallest absolute Gasteiger partial charge is 0.383 e. The number of ether oxygens (including phenoxy) is 1. The first-order valence-electron chi connectivity index (χ1n) is 7.46. The van der Waals surface area contributed by atoms with Crippen LogP contribution >= 0.6 is 12.2 Å². The molecule has 0 aromatic carbocycles. The second-order valence-electron chi connectivity index (χ2n) is 5.53. The van der Waals surface area contributed by atoms with Crippen LogP contribution in [0.15, 0.2) is 23.1 Å². The molecular weight excluding hydrogens is 371 g/mol. The highest BCUT2D eigenvalue weighted by atomic mass is 32.1. The Morgan fingerprint density at radius 2 is 2.08 bits per heavy atom. The van der Waals surface area contributed by atoms with Crippen LogP contribution in [0.25, 0.3) is 22.4 Å². The van der Waals surface area contributed by atoms with E-state index in [0.717, 1.165) is 6.07 Å². The number of aromatic amines is 1. The van der Waals surface area contributed by atoms with E-state index in [-0.39, 0.29) is 35.0 Å². The van der Waals surface area contributed by atoms with Gasteiger partial charge < -0.3 is 9.30 Å². The molecule has 0 bridgehead atoms. The van der Waals surface area contributed by atoms with Gasteiger partial charge in [0.25, 0.3) is 5.56 Å². The lowest BCUT2D eigenvalue weighted by molar-refractivity contribution is -0.136. The van der Waals surface area contributed by atoms with Gasteiger partial charge in [0, 0.05) is 20.4 Å². The molecular formula is C15H14F3N5O2S. The molecule has 0 aliphatic carbocycles. The number of fused-ring (bicyclic) bond motifs is 1. The van der Waals surface area contributed by atoms with Crippen LogP contribution in [0.5, 0.6) is 0 Å². The average Bonchev–Trinajstić information content (AvgIpc) is 2.99. The van der Waals surface area contributed by atoms with Crippen LogP contribution in [0.1, 0.15) is 5.56 Å². The molecule has 3 aromatic rings. The van der Waals surface area contributed by atoms with Crippen LogP contribution in [0.2, 0.25) is 0 Å². The minimum Gasteiger partial charge on any atom is -0.383 e. The van der Waals surface area contributed by atoms with Gasteiger partial charge in [-0.3, -0.25) is 14.5 Å². The Bertz CT molecular complexity index is 1080. The summed E-state index contributed by atoms with van der Waals surface area (Å²) >= 11 is 5.09. The minimum atomic E-state index is -4.75. The molecule has 0 fully saturated rings. The van der Waals surface area contributed by atoms with Crippen LogP contribution < -0.4 is 5.56 Å². The van der Waals surface area contributed by atoms with Gasteiger partial charge in [-0.05, 0) is 24.4 Å². The summed E-state index contributed by atoms with van der Waals surface area (Å²) in [6.45, 7) is 0.324. The summed E-state index contributed by atoms with van der Waals surface area (Å²) in [7, 11) is 3.09. The molecule has 0 unspecified atom stereocenters. The van der Waals surface area contributed by atoms with Crippen molar-refractivity contribution < 1.29 is 17.9 Å². The minimum absolute atomic E-state index is 0.00316. The Kier molecular flexibility index (Phi) is 4.67. The lowest BCUT2D eigenvalue weighted by Gasteiger charge is -2.15. The number of hydrogen-bond donors (Lipinski definition) is 1. The number of nitrogens with one attached hydrogen (secondary N) is 1. The van der Waals surface area contributed by atoms with Gasteiger partial charge >= 0.3 is 6.18 Å². The number of hydrogen-bond acceptors (Lipinski definition) is 5. The van der Waals surface area contributed by atoms with Crippen LogP contribution in [-0.2, 0) is 24.5 Å². The second kappa shape index (κ2) is 6.65. The quantitative estimate of drug-likeness (QED) is 0.699. The van der Waals surface area contributed by atoms with Crippen molar-refractivity contribution in [2.75, 3.05) is 13.7 Å². The third kappa shape index (κ3) is 3.27. The molecule has 0 aliphatic heterocycles. The maximum absolute atomic E-state index is 13.6. The van der Waals surface area contributed by atoms with Gasteiger partial charge in [0.05, 0.1) is 29.8 Å². The van der Waals surface area contributed by atoms with E-state index in [1.807, 2.05) is 0 Å². The predicted octanol–water partition coefficient (Wildman–Crippen LogP) is 2.52. The molecule has 0 radical (unpaired) electrons. The zero-order chi connectivity index (χ0) is 19.1. The lowest BCUT2D eigenvalue weighted by atomic mass is 10.1. The van der Waals surface area contributed by atoms with Crippen molar-refractivity contribution in [3.05, 3.63) is 39.0 Å². The highest BCUT2D eigenvalue weighted by Crippen LogP contribution is 2.35. The number of methoxy groups -OCH3 is 1. The van der Waals surface area contributed by atoms with Crippen molar-refractivity contribution in [1.82, 2.24) is 24.3 Å². The molecule has 0 saturated carbocycles. The van der Waals surface area contributed by atoms with Crippen LogP contribution in [0.3, 0.4) is 0 Å². The predicted molar refractivity (Wildman–Crippen MR) is 90.3 cm³/mol. The van der Waals surface area contributed by atoms with Crippen LogP contribution in [0, 0.1) is 4.77 Å². The van der Waals surface area contributed by atoms with Gasteiger partial charge in [-0.1, -0.05) is 0 Å². The number of rotatable bonds is 4. The number of nitrogens with zero attached hydrogens (tertiary/aromatic N) is 4. The summed E-state index contributed by atoms with van der Waals surface area (Å²) < 4.78 is 48.6. The van der Waals surface area contributed by atoms with Crippen molar-refractivity contribution in [1.29, 1.82) is 0 Å². The molecule has 138 valence electrons. The molecule has 0 atom stereocenters. The van der Waals surface area contributed by atoms with Gasteiger partial charge in [-0.25, -0.2) is 4.98 Å². The van der Waals surface area contributed by atoms with Crippen molar-refractivity contribution in [2.45, 2.75) is 12.7 Å². The Balaban J connectivity index is 2.43. The van der Waals surface area contributed by atoms with E-state index in [1.165, 1.54) is 22.4 Å². The fraction of sp³-hybridized carbons (Fsp3) is 0.333. The molecule has 0 saturated heterocycles. The molecule has 3 aromatic heterocycles. The highest BCUT2D eigenvalue weighted by molar-refractivity contribution is 7.71. The fourth-order valence-electron chi connectivity index (χ4n) is 2.57. The summed E-state index contributed by atoms with van der Waals surface area (Å²) in [6.07, 6.45) is -3.16. The zero-order valence-electron chi connectivity index (χ0n) is 13.8. The SMILES string of the molecule is COCCn1c(=S)[nH]c(=O)c2c(C(F)(F)F)cc(-c3ccn(C)n3)nc21. The van der Waals surface area contributed by atoms with Gasteiger partial charge in [0.2, 0.25) is 0 Å². The fourth-order valence-corrected chi connectivity index (χ4v) is 2.84. The van der Waals surface area contributed by atoms with Gasteiger partial charge in [-0.2, -0.15) is 18.3 Å². The number of alkyl halides is 3. The van der Waals surface area contributed by atoms with Crippen LogP contribution in [-0.4, -0.2) is 38.0 Å². The molecule has 11 heteroatoms. The van der Waals surface area contributed by atoms with Gasteiger partial charge in [0.15, 0.2) is 4.77 Å². The summed E-state index contributed by atoms with van der Waals surface area (Å²) in [5, 5.41) is 3.52. The Labute approximate surface area is 150 Å². The number of aryl methyl sites for hydroxylation is 1. The largest absolute Gasteiger partial charge is 0.417 e. The number of halogens is 3. The first kappa shape index (κ1) is 18.3. The molecule has 3 heterocycles. The second-order valence-corrected chi connectivity index (χ2v) is 5.92. The molecule has 3 rings (SSSR count). The molecule has 26 heavy (non-hydrogen) atoms. The topological polar surface area (TPSA) is 77.7 Å². The zero-order valence-corrected chi connectivity index (χ0v) is 14.6. The first-order chi connectivity index (χ1) is 12.2. The first-order valence-corrected chi connectivity index (χ1v) is 7.87. The number of pyridine rings is 1.